The lowest BCUT2D eigenvalue weighted by molar-refractivity contribution is 0.159. The minimum Gasteiger partial charge on any atom is -0.398 e. The monoisotopic (exact) mass is 197 g/mol. The molecule has 13 heavy (non-hydrogen) atoms. The molecule has 0 aliphatic heterocycles. The molecular weight excluding hydrogens is 186 g/mol. The van der Waals surface area contributed by atoms with Gasteiger partial charge in [0.05, 0.1) is 6.10 Å². The van der Waals surface area contributed by atoms with E-state index in [9.17, 15) is 5.11 Å². The van der Waals surface area contributed by atoms with Gasteiger partial charge in [0, 0.05) is 17.1 Å². The van der Waals surface area contributed by atoms with Crippen LogP contribution in [0.25, 0.3) is 0 Å². The second kappa shape index (κ2) is 3.20. The zero-order valence-corrected chi connectivity index (χ0v) is 8.01. The number of hydrogen-bond donors (Lipinski definition) is 2. The largest absolute Gasteiger partial charge is 0.398 e. The molecule has 1 atom stereocenters. The molecule has 0 saturated carbocycles. The Labute approximate surface area is 82.3 Å². The van der Waals surface area contributed by atoms with Crippen LogP contribution in [0.15, 0.2) is 12.1 Å². The zero-order chi connectivity index (χ0) is 9.42. The first-order valence-corrected chi connectivity index (χ1v) is 4.80. The van der Waals surface area contributed by atoms with Crippen molar-refractivity contribution in [3.63, 3.8) is 0 Å². The maximum absolute atomic E-state index is 9.47. The lowest BCUT2D eigenvalue weighted by Crippen LogP contribution is -2.20. The maximum atomic E-state index is 9.47. The molecule has 2 rings (SSSR count). The highest BCUT2D eigenvalue weighted by atomic mass is 35.5. The third kappa shape index (κ3) is 1.52. The minimum absolute atomic E-state index is 0.256. The molecular formula is C10H12ClNO. The van der Waals surface area contributed by atoms with Gasteiger partial charge < -0.3 is 10.8 Å². The van der Waals surface area contributed by atoms with Crippen LogP contribution in [0.1, 0.15) is 17.5 Å². The van der Waals surface area contributed by atoms with Crippen LogP contribution in [-0.2, 0) is 12.8 Å². The average Bonchev–Trinajstić information content (AvgIpc) is 2.12. The van der Waals surface area contributed by atoms with Crippen LogP contribution in [0.5, 0.6) is 0 Å². The van der Waals surface area contributed by atoms with Gasteiger partial charge in [0.2, 0.25) is 0 Å². The molecule has 0 heterocycles. The average molecular weight is 198 g/mol. The van der Waals surface area contributed by atoms with Crippen molar-refractivity contribution in [1.29, 1.82) is 0 Å². The van der Waals surface area contributed by atoms with Gasteiger partial charge in [-0.15, -0.1) is 0 Å². The Hall–Kier alpha value is -0.730. The lowest BCUT2D eigenvalue weighted by Gasteiger charge is -2.22. The van der Waals surface area contributed by atoms with E-state index in [0.717, 1.165) is 34.7 Å². The van der Waals surface area contributed by atoms with E-state index < -0.39 is 0 Å². The van der Waals surface area contributed by atoms with Gasteiger partial charge in [0.25, 0.3) is 0 Å². The molecule has 0 fully saturated rings. The Bertz CT molecular complexity index is 338. The van der Waals surface area contributed by atoms with Crippen molar-refractivity contribution in [2.75, 3.05) is 5.73 Å². The number of aliphatic hydroxyl groups excluding tert-OH is 1. The van der Waals surface area contributed by atoms with E-state index in [0.29, 0.717) is 6.42 Å². The molecule has 1 aromatic carbocycles. The molecule has 70 valence electrons. The number of nitrogens with two attached hydrogens (primary N) is 1. The highest BCUT2D eigenvalue weighted by Gasteiger charge is 2.20. The van der Waals surface area contributed by atoms with Crippen molar-refractivity contribution >= 4 is 17.3 Å². The minimum atomic E-state index is -0.256. The predicted octanol–water partition coefficient (Wildman–Crippen LogP) is 1.77. The zero-order valence-electron chi connectivity index (χ0n) is 7.26. The molecule has 0 saturated heterocycles. The molecule has 0 unspecified atom stereocenters. The Morgan fingerprint density at radius 1 is 1.38 bits per heavy atom. The summed E-state index contributed by atoms with van der Waals surface area (Å²) in [6, 6.07) is 3.63. The van der Waals surface area contributed by atoms with Crippen molar-refractivity contribution in [2.45, 2.75) is 25.4 Å². The SMILES string of the molecule is Nc1ccc(Cl)c2c1C[C@H](O)CC2. The van der Waals surface area contributed by atoms with E-state index in [1.54, 1.807) is 6.07 Å². The fourth-order valence-corrected chi connectivity index (χ4v) is 2.11. The van der Waals surface area contributed by atoms with Crippen LogP contribution in [0.2, 0.25) is 5.02 Å². The second-order valence-electron chi connectivity index (χ2n) is 3.49. The summed E-state index contributed by atoms with van der Waals surface area (Å²) in [5.74, 6) is 0. The normalized spacial score (nSPS) is 21.2. The lowest BCUT2D eigenvalue weighted by atomic mass is 9.89. The smallest absolute Gasteiger partial charge is 0.0584 e. The number of anilines is 1. The highest BCUT2D eigenvalue weighted by molar-refractivity contribution is 6.31. The second-order valence-corrected chi connectivity index (χ2v) is 3.90. The van der Waals surface area contributed by atoms with Gasteiger partial charge in [-0.1, -0.05) is 11.6 Å². The van der Waals surface area contributed by atoms with Crippen LogP contribution in [0, 0.1) is 0 Å². The molecule has 3 N–H and O–H groups in total. The predicted molar refractivity (Wildman–Crippen MR) is 53.9 cm³/mol. The molecule has 1 aromatic rings. The molecule has 2 nitrogen and oxygen atoms in total. The fraction of sp³-hybridized carbons (Fsp3) is 0.400. The number of rotatable bonds is 0. The standard InChI is InChI=1S/C10H12ClNO/c11-9-3-4-10(12)8-5-6(13)1-2-7(8)9/h3-4,6,13H,1-2,5,12H2/t6-/m1/s1. The summed E-state index contributed by atoms with van der Waals surface area (Å²) < 4.78 is 0. The molecule has 0 spiro atoms. The molecule has 3 heteroatoms. The topological polar surface area (TPSA) is 46.2 Å². The maximum Gasteiger partial charge on any atom is 0.0584 e. The molecule has 0 radical (unpaired) electrons. The Morgan fingerprint density at radius 2 is 2.15 bits per heavy atom. The first-order valence-electron chi connectivity index (χ1n) is 4.42. The van der Waals surface area contributed by atoms with E-state index >= 15 is 0 Å². The number of nitrogen functional groups attached to an aromatic ring is 1. The van der Waals surface area contributed by atoms with E-state index in [2.05, 4.69) is 0 Å². The van der Waals surface area contributed by atoms with Crippen molar-refractivity contribution < 1.29 is 5.11 Å². The number of halogens is 1. The Kier molecular flexibility index (Phi) is 2.18. The van der Waals surface area contributed by atoms with Gasteiger partial charge in [0.15, 0.2) is 0 Å². The summed E-state index contributed by atoms with van der Waals surface area (Å²) >= 11 is 6.02. The third-order valence-corrected chi connectivity index (χ3v) is 2.93. The fourth-order valence-electron chi connectivity index (χ4n) is 1.84. The molecule has 1 aliphatic rings. The molecule has 0 bridgehead atoms. The molecule has 0 aromatic heterocycles. The van der Waals surface area contributed by atoms with Crippen LogP contribution in [0.4, 0.5) is 5.69 Å². The van der Waals surface area contributed by atoms with Gasteiger partial charge in [-0.05, 0) is 36.1 Å². The van der Waals surface area contributed by atoms with Crippen molar-refractivity contribution in [3.8, 4) is 0 Å². The Morgan fingerprint density at radius 3 is 2.92 bits per heavy atom. The number of benzene rings is 1. The van der Waals surface area contributed by atoms with Gasteiger partial charge in [0.1, 0.15) is 0 Å². The van der Waals surface area contributed by atoms with Crippen LogP contribution in [0.3, 0.4) is 0 Å². The first kappa shape index (κ1) is 8.85. The highest BCUT2D eigenvalue weighted by Crippen LogP contribution is 2.31. The van der Waals surface area contributed by atoms with E-state index in [1.165, 1.54) is 0 Å². The number of fused-ring (bicyclic) bond motifs is 1. The molecule has 1 aliphatic carbocycles. The summed E-state index contributed by atoms with van der Waals surface area (Å²) in [7, 11) is 0. The summed E-state index contributed by atoms with van der Waals surface area (Å²) in [6.45, 7) is 0. The van der Waals surface area contributed by atoms with Crippen molar-refractivity contribution in [1.82, 2.24) is 0 Å². The summed E-state index contributed by atoms with van der Waals surface area (Å²) in [5, 5.41) is 10.2. The van der Waals surface area contributed by atoms with Crippen LogP contribution >= 0.6 is 11.6 Å². The molecule has 0 amide bonds. The van der Waals surface area contributed by atoms with Crippen molar-refractivity contribution in [3.05, 3.63) is 28.3 Å². The quantitative estimate of drug-likeness (QED) is 0.623. The number of aliphatic hydroxyl groups is 1. The number of hydrogen-bond acceptors (Lipinski definition) is 2. The van der Waals surface area contributed by atoms with Crippen LogP contribution < -0.4 is 5.73 Å². The van der Waals surface area contributed by atoms with Crippen LogP contribution in [-0.4, -0.2) is 11.2 Å². The summed E-state index contributed by atoms with van der Waals surface area (Å²) in [4.78, 5) is 0. The summed E-state index contributed by atoms with van der Waals surface area (Å²) in [6.07, 6.45) is 2.01. The first-order chi connectivity index (χ1) is 6.18. The van der Waals surface area contributed by atoms with Gasteiger partial charge in [-0.25, -0.2) is 0 Å². The van der Waals surface area contributed by atoms with Gasteiger partial charge in [-0.2, -0.15) is 0 Å². The third-order valence-electron chi connectivity index (χ3n) is 2.58. The van der Waals surface area contributed by atoms with E-state index in [4.69, 9.17) is 17.3 Å². The van der Waals surface area contributed by atoms with Gasteiger partial charge in [-0.3, -0.25) is 0 Å². The summed E-state index contributed by atoms with van der Waals surface area (Å²) in [5.41, 5.74) is 8.70. The Balaban J connectivity index is 2.51. The van der Waals surface area contributed by atoms with E-state index in [-0.39, 0.29) is 6.10 Å². The van der Waals surface area contributed by atoms with Gasteiger partial charge >= 0.3 is 0 Å². The van der Waals surface area contributed by atoms with E-state index in [1.807, 2.05) is 6.07 Å². The van der Waals surface area contributed by atoms with Crippen molar-refractivity contribution in [2.24, 2.45) is 0 Å².